The maximum atomic E-state index is 11.6. The number of fused-ring (bicyclic) bond motifs is 1. The van der Waals surface area contributed by atoms with Gasteiger partial charge in [0, 0.05) is 5.02 Å². The van der Waals surface area contributed by atoms with Gasteiger partial charge in [-0.1, -0.05) is 22.9 Å². The number of quaternary nitrogens is 1. The van der Waals surface area contributed by atoms with E-state index in [1.807, 2.05) is 26.2 Å². The Morgan fingerprint density at radius 2 is 2.20 bits per heavy atom. The third-order valence-electron chi connectivity index (χ3n) is 2.48. The molecule has 0 saturated heterocycles. The summed E-state index contributed by atoms with van der Waals surface area (Å²) < 4.78 is 0.959. The summed E-state index contributed by atoms with van der Waals surface area (Å²) in [6.45, 7) is 1.51. The second-order valence-corrected chi connectivity index (χ2v) is 5.94. The molecule has 0 aliphatic heterocycles. The number of aromatic nitrogens is 1. The molecule has 1 aromatic heterocycles. The minimum atomic E-state index is -0.230. The van der Waals surface area contributed by atoms with Crippen LogP contribution in [0.2, 0.25) is 5.02 Å². The van der Waals surface area contributed by atoms with Crippen molar-refractivity contribution in [2.45, 2.75) is 0 Å². The predicted octanol–water partition coefficient (Wildman–Crippen LogP) is -1.78. The smallest absolute Gasteiger partial charge is 0.321 e. The van der Waals surface area contributed by atoms with E-state index < -0.39 is 0 Å². The molecule has 0 bridgehead atoms. The van der Waals surface area contributed by atoms with Gasteiger partial charge in [-0.15, -0.1) is 0 Å². The Bertz CT molecular complexity index is 588. The molecule has 0 spiro atoms. The number of thiazole rings is 1. The first-order valence-electron chi connectivity index (χ1n) is 5.94. The quantitative estimate of drug-likeness (QED) is 0.619. The lowest BCUT2D eigenvalue weighted by Crippen LogP contribution is -3.06. The number of nitrogens with one attached hydrogen (secondary N) is 3. The van der Waals surface area contributed by atoms with Crippen LogP contribution in [0, 0.1) is 0 Å². The normalized spacial score (nSPS) is 10.4. The van der Waals surface area contributed by atoms with Crippen molar-refractivity contribution in [3.05, 3.63) is 23.2 Å². The fourth-order valence-corrected chi connectivity index (χ4v) is 2.66. The molecule has 2 amide bonds. The summed E-state index contributed by atoms with van der Waals surface area (Å²) in [5.74, 6) is 0. The van der Waals surface area contributed by atoms with Crippen molar-refractivity contribution < 1.29 is 22.1 Å². The second kappa shape index (κ2) is 7.64. The van der Waals surface area contributed by atoms with E-state index in [-0.39, 0.29) is 18.4 Å². The van der Waals surface area contributed by atoms with Gasteiger partial charge >= 0.3 is 6.03 Å². The second-order valence-electron chi connectivity index (χ2n) is 4.47. The first-order valence-corrected chi connectivity index (χ1v) is 7.14. The topological polar surface area (TPSA) is 58.5 Å². The fraction of sp³-hybridized carbons (Fsp3) is 0.333. The first-order chi connectivity index (χ1) is 9.04. The summed E-state index contributed by atoms with van der Waals surface area (Å²) in [7, 11) is 4.08. The van der Waals surface area contributed by atoms with Gasteiger partial charge in [0.25, 0.3) is 0 Å². The van der Waals surface area contributed by atoms with Gasteiger partial charge in [-0.2, -0.15) is 0 Å². The van der Waals surface area contributed by atoms with E-state index in [1.165, 1.54) is 16.2 Å². The van der Waals surface area contributed by atoms with Crippen LogP contribution in [-0.4, -0.2) is 38.2 Å². The van der Waals surface area contributed by atoms with Crippen LogP contribution in [0.15, 0.2) is 18.2 Å². The van der Waals surface area contributed by atoms with Crippen molar-refractivity contribution in [1.82, 2.24) is 10.3 Å². The molecule has 0 aliphatic carbocycles. The van der Waals surface area contributed by atoms with Gasteiger partial charge < -0.3 is 22.6 Å². The number of carbonyl (C=O) groups is 1. The molecule has 20 heavy (non-hydrogen) atoms. The highest BCUT2D eigenvalue weighted by Gasteiger charge is 2.07. The van der Waals surface area contributed by atoms with Crippen LogP contribution < -0.4 is 27.9 Å². The zero-order chi connectivity index (χ0) is 13.8. The van der Waals surface area contributed by atoms with Crippen molar-refractivity contribution in [1.29, 1.82) is 0 Å². The monoisotopic (exact) mass is 334 g/mol. The van der Waals surface area contributed by atoms with Crippen molar-refractivity contribution in [3.63, 3.8) is 0 Å². The Hall–Kier alpha value is -1.08. The largest absolute Gasteiger partial charge is 1.00 e. The van der Waals surface area contributed by atoms with Crippen molar-refractivity contribution >= 4 is 44.3 Å². The number of hydrogen-bond acceptors (Lipinski definition) is 3. The highest BCUT2D eigenvalue weighted by molar-refractivity contribution is 7.22. The summed E-state index contributed by atoms with van der Waals surface area (Å²) >= 11 is 7.32. The molecule has 8 heteroatoms. The highest BCUT2D eigenvalue weighted by atomic mass is 35.5. The summed E-state index contributed by atoms with van der Waals surface area (Å²) in [5.41, 5.74) is 0.836. The maximum Gasteiger partial charge on any atom is 0.321 e. The van der Waals surface area contributed by atoms with Gasteiger partial charge in [-0.05, 0) is 18.2 Å². The van der Waals surface area contributed by atoms with Gasteiger partial charge in [0.05, 0.1) is 37.4 Å². The molecule has 1 heterocycles. The Balaban J connectivity index is 0.00000200. The third-order valence-corrected chi connectivity index (χ3v) is 3.65. The molecular weight excluding hydrogens is 319 g/mol. The number of benzene rings is 1. The van der Waals surface area contributed by atoms with E-state index in [1.54, 1.807) is 6.07 Å². The molecule has 0 fully saturated rings. The molecule has 0 atom stereocenters. The van der Waals surface area contributed by atoms with Gasteiger partial charge in [0.1, 0.15) is 0 Å². The molecule has 0 radical (unpaired) electrons. The van der Waals surface area contributed by atoms with E-state index >= 15 is 0 Å². The number of rotatable bonds is 4. The van der Waals surface area contributed by atoms with Crippen molar-refractivity contribution in [3.8, 4) is 0 Å². The van der Waals surface area contributed by atoms with Crippen molar-refractivity contribution in [2.24, 2.45) is 0 Å². The molecule has 2 rings (SSSR count). The number of hydrogen-bond donors (Lipinski definition) is 3. The Morgan fingerprint density at radius 1 is 1.45 bits per heavy atom. The minimum Gasteiger partial charge on any atom is -1.00 e. The molecule has 5 nitrogen and oxygen atoms in total. The zero-order valence-electron chi connectivity index (χ0n) is 11.2. The van der Waals surface area contributed by atoms with E-state index in [2.05, 4.69) is 15.6 Å². The predicted molar refractivity (Wildman–Crippen MR) is 79.3 cm³/mol. The average molecular weight is 335 g/mol. The maximum absolute atomic E-state index is 11.6. The molecular formula is C12H16Cl2N4OS. The molecule has 2 aromatic rings. The van der Waals surface area contributed by atoms with Crippen LogP contribution in [0.3, 0.4) is 0 Å². The summed E-state index contributed by atoms with van der Waals surface area (Å²) in [5, 5.41) is 6.76. The summed E-state index contributed by atoms with van der Waals surface area (Å²) in [6.07, 6.45) is 0. The Morgan fingerprint density at radius 3 is 2.90 bits per heavy atom. The summed E-state index contributed by atoms with van der Waals surface area (Å²) in [4.78, 5) is 17.3. The van der Waals surface area contributed by atoms with E-state index in [0.717, 1.165) is 16.8 Å². The average Bonchev–Trinajstić information content (AvgIpc) is 2.69. The molecule has 1 aromatic carbocycles. The van der Waals surface area contributed by atoms with Gasteiger partial charge in [-0.25, -0.2) is 9.78 Å². The molecule has 0 unspecified atom stereocenters. The van der Waals surface area contributed by atoms with Crippen LogP contribution >= 0.6 is 22.9 Å². The Kier molecular flexibility index (Phi) is 6.48. The molecule has 0 aliphatic rings. The minimum absolute atomic E-state index is 0. The van der Waals surface area contributed by atoms with Gasteiger partial charge in [0.15, 0.2) is 5.13 Å². The van der Waals surface area contributed by atoms with Crippen LogP contribution in [-0.2, 0) is 0 Å². The SMILES string of the molecule is C[NH+](C)CCNC(=O)Nc1nc2ccc(Cl)cc2s1.[Cl-]. The highest BCUT2D eigenvalue weighted by Crippen LogP contribution is 2.28. The standard InChI is InChI=1S/C12H15ClN4OS.ClH/c1-17(2)6-5-14-11(18)16-12-15-9-4-3-8(13)7-10(9)19-12;/h3-4,7H,5-6H2,1-2H3,(H2,14,15,16,18);1H. The van der Waals surface area contributed by atoms with Gasteiger partial charge in [0.2, 0.25) is 0 Å². The number of urea groups is 1. The van der Waals surface area contributed by atoms with Crippen LogP contribution in [0.25, 0.3) is 10.2 Å². The number of halogens is 2. The lowest BCUT2D eigenvalue weighted by Gasteiger charge is -2.08. The van der Waals surface area contributed by atoms with Gasteiger partial charge in [-0.3, -0.25) is 5.32 Å². The molecule has 0 saturated carbocycles. The third kappa shape index (κ3) is 4.79. The zero-order valence-corrected chi connectivity index (χ0v) is 13.5. The Labute approximate surface area is 132 Å². The number of likely N-dealkylation sites (N-methyl/N-ethyl adjacent to an activating group) is 1. The van der Waals surface area contributed by atoms with E-state index in [9.17, 15) is 4.79 Å². The lowest BCUT2D eigenvalue weighted by molar-refractivity contribution is -0.856. The molecule has 3 N–H and O–H groups in total. The van der Waals surface area contributed by atoms with Crippen LogP contribution in [0.4, 0.5) is 9.93 Å². The van der Waals surface area contributed by atoms with Crippen LogP contribution in [0.1, 0.15) is 0 Å². The number of carbonyl (C=O) groups excluding carboxylic acids is 1. The lowest BCUT2D eigenvalue weighted by atomic mass is 10.3. The van der Waals surface area contributed by atoms with Crippen LogP contribution in [0.5, 0.6) is 0 Å². The van der Waals surface area contributed by atoms with E-state index in [0.29, 0.717) is 16.7 Å². The fourth-order valence-electron chi connectivity index (χ4n) is 1.52. The van der Waals surface area contributed by atoms with E-state index in [4.69, 9.17) is 11.6 Å². The summed E-state index contributed by atoms with van der Waals surface area (Å²) in [6, 6.07) is 5.24. The number of nitrogens with zero attached hydrogens (tertiary/aromatic N) is 1. The number of anilines is 1. The molecule has 110 valence electrons. The first kappa shape index (κ1) is 17.0. The van der Waals surface area contributed by atoms with Crippen molar-refractivity contribution in [2.75, 3.05) is 32.5 Å². The number of amides is 2.